The molecule has 0 aliphatic rings. The lowest BCUT2D eigenvalue weighted by atomic mass is 10.1. The van der Waals surface area contributed by atoms with Gasteiger partial charge in [0.1, 0.15) is 0 Å². The van der Waals surface area contributed by atoms with Gasteiger partial charge in [-0.05, 0) is 25.7 Å². The SMILES string of the molecule is CC#N.CCCC[N+](CCCC)(CCCC)CCCC.O=P([O-])(O)O. The summed E-state index contributed by atoms with van der Waals surface area (Å²) in [5, 5.41) is 7.32. The highest BCUT2D eigenvalue weighted by Gasteiger charge is 2.24. The molecule has 0 bridgehead atoms. The van der Waals surface area contributed by atoms with E-state index in [0.29, 0.717) is 0 Å². The van der Waals surface area contributed by atoms with Crippen molar-refractivity contribution in [2.75, 3.05) is 26.2 Å². The molecule has 0 aromatic carbocycles. The predicted octanol–water partition coefficient (Wildman–Crippen LogP) is 3.97. The maximum atomic E-state index is 8.77. The Balaban J connectivity index is -0.000000504. The second-order valence-corrected chi connectivity index (χ2v) is 7.35. The molecule has 0 atom stereocenters. The summed E-state index contributed by atoms with van der Waals surface area (Å²) in [5.41, 5.74) is 0. The molecule has 0 rings (SSSR count). The Hall–Kier alpha value is -0.440. The Morgan fingerprint density at radius 2 is 1.00 bits per heavy atom. The van der Waals surface area contributed by atoms with Crippen LogP contribution in [0.3, 0.4) is 0 Å². The third kappa shape index (κ3) is 28.6. The summed E-state index contributed by atoms with van der Waals surface area (Å²) >= 11 is 0. The van der Waals surface area contributed by atoms with Crippen LogP contribution in [0.4, 0.5) is 0 Å². The number of quaternary nitrogens is 1. The largest absolute Gasteiger partial charge is 0.756 e. The fourth-order valence-corrected chi connectivity index (χ4v) is 2.64. The molecule has 152 valence electrons. The molecule has 0 fully saturated rings. The van der Waals surface area contributed by atoms with Crippen molar-refractivity contribution in [1.82, 2.24) is 0 Å². The first kappa shape index (κ1) is 29.3. The number of nitrogens with zero attached hydrogens (tertiary/aromatic N) is 2. The zero-order chi connectivity index (χ0) is 20.2. The molecule has 0 saturated heterocycles. The summed E-state index contributed by atoms with van der Waals surface area (Å²) < 4.78 is 10.2. The van der Waals surface area contributed by atoms with Crippen LogP contribution in [-0.2, 0) is 4.57 Å². The lowest BCUT2D eigenvalue weighted by Gasteiger charge is -2.39. The van der Waals surface area contributed by atoms with Gasteiger partial charge in [0.05, 0.1) is 32.2 Å². The van der Waals surface area contributed by atoms with Crippen LogP contribution in [0.1, 0.15) is 86.0 Å². The molecule has 0 amide bonds. The molecule has 0 radical (unpaired) electrons. The van der Waals surface area contributed by atoms with Crippen LogP contribution in [-0.4, -0.2) is 40.4 Å². The van der Waals surface area contributed by atoms with Gasteiger partial charge >= 0.3 is 0 Å². The minimum atomic E-state index is -4.89. The van der Waals surface area contributed by atoms with Crippen LogP contribution >= 0.6 is 7.82 Å². The lowest BCUT2D eigenvalue weighted by Crippen LogP contribution is -2.50. The Kier molecular flexibility index (Phi) is 23.3. The quantitative estimate of drug-likeness (QED) is 0.394. The Bertz CT molecular complexity index is 308. The third-order valence-electron chi connectivity index (χ3n) is 3.94. The summed E-state index contributed by atoms with van der Waals surface area (Å²) in [6, 6.07) is 1.75. The second kappa shape index (κ2) is 19.9. The van der Waals surface area contributed by atoms with Crippen LogP contribution < -0.4 is 4.89 Å². The molecule has 2 N–H and O–H groups in total. The zero-order valence-electron chi connectivity index (χ0n) is 17.0. The molecule has 0 aromatic heterocycles. The average molecular weight is 381 g/mol. The minimum Gasteiger partial charge on any atom is -0.756 e. The summed E-state index contributed by atoms with van der Waals surface area (Å²) in [7, 11) is -4.89. The molecular weight excluding hydrogens is 339 g/mol. The van der Waals surface area contributed by atoms with Gasteiger partial charge in [-0.1, -0.05) is 53.4 Å². The van der Waals surface area contributed by atoms with Crippen LogP contribution in [0.25, 0.3) is 0 Å². The number of nitriles is 1. The van der Waals surface area contributed by atoms with Crippen molar-refractivity contribution in [3.8, 4) is 6.07 Å². The van der Waals surface area contributed by atoms with E-state index in [1.807, 2.05) is 0 Å². The van der Waals surface area contributed by atoms with Gasteiger partial charge in [-0.15, -0.1) is 0 Å². The zero-order valence-corrected chi connectivity index (χ0v) is 17.9. The van der Waals surface area contributed by atoms with E-state index in [9.17, 15) is 0 Å². The van der Waals surface area contributed by atoms with E-state index in [1.165, 1.54) is 89.0 Å². The molecule has 25 heavy (non-hydrogen) atoms. The van der Waals surface area contributed by atoms with Crippen molar-refractivity contribution >= 4 is 7.82 Å². The first-order valence-corrected chi connectivity index (χ1v) is 11.1. The second-order valence-electron chi connectivity index (χ2n) is 6.36. The van der Waals surface area contributed by atoms with E-state index in [4.69, 9.17) is 24.5 Å². The van der Waals surface area contributed by atoms with Crippen LogP contribution in [0, 0.1) is 11.3 Å². The van der Waals surface area contributed by atoms with Gasteiger partial charge in [-0.2, -0.15) is 5.26 Å². The topological polar surface area (TPSA) is 104 Å². The van der Waals surface area contributed by atoms with E-state index < -0.39 is 7.82 Å². The molecule has 7 heteroatoms. The molecule has 0 aromatic rings. The van der Waals surface area contributed by atoms with E-state index in [2.05, 4.69) is 27.7 Å². The average Bonchev–Trinajstić information content (AvgIpc) is 2.53. The van der Waals surface area contributed by atoms with Crippen molar-refractivity contribution in [2.45, 2.75) is 86.0 Å². The summed E-state index contributed by atoms with van der Waals surface area (Å²) in [6.45, 7) is 16.4. The molecule has 0 heterocycles. The smallest absolute Gasteiger partial charge is 0.262 e. The van der Waals surface area contributed by atoms with Gasteiger partial charge < -0.3 is 19.2 Å². The lowest BCUT2D eigenvalue weighted by molar-refractivity contribution is -0.929. The summed E-state index contributed by atoms with van der Waals surface area (Å²) in [4.78, 5) is 22.9. The Morgan fingerprint density at radius 3 is 1.12 bits per heavy atom. The molecule has 0 aliphatic heterocycles. The number of hydrogen-bond acceptors (Lipinski definition) is 3. The maximum Gasteiger partial charge on any atom is 0.262 e. The van der Waals surface area contributed by atoms with Gasteiger partial charge in [0.2, 0.25) is 0 Å². The first-order chi connectivity index (χ1) is 11.7. The Labute approximate surface area is 155 Å². The molecule has 0 unspecified atom stereocenters. The summed E-state index contributed by atoms with van der Waals surface area (Å²) in [5.74, 6) is 0. The number of hydrogen-bond donors (Lipinski definition) is 2. The molecular formula is C18H41N2O4P. The van der Waals surface area contributed by atoms with Crippen molar-refractivity contribution in [3.63, 3.8) is 0 Å². The van der Waals surface area contributed by atoms with Gasteiger partial charge in [0, 0.05) is 6.92 Å². The highest BCUT2D eigenvalue weighted by atomic mass is 31.2. The monoisotopic (exact) mass is 380 g/mol. The standard InChI is InChI=1S/C16H36N.C2H3N.H3O4P/c1-5-9-13-17(14-10-6-2,15-11-7-3)16-12-8-4;1-2-3;1-5(2,3)4/h5-16H2,1-4H3;1H3;(H3,1,2,3,4)/q+1;;/p-1. The van der Waals surface area contributed by atoms with Crippen molar-refractivity contribution in [1.29, 1.82) is 5.26 Å². The minimum absolute atomic E-state index is 1.35. The van der Waals surface area contributed by atoms with Gasteiger partial charge in [-0.3, -0.25) is 4.57 Å². The summed E-state index contributed by atoms with van der Waals surface area (Å²) in [6.07, 6.45) is 11.1. The van der Waals surface area contributed by atoms with E-state index in [-0.39, 0.29) is 0 Å². The van der Waals surface area contributed by atoms with E-state index in [0.717, 1.165) is 0 Å². The van der Waals surface area contributed by atoms with Crippen LogP contribution in [0.15, 0.2) is 0 Å². The number of unbranched alkanes of at least 4 members (excludes halogenated alkanes) is 4. The number of phosphoric acid groups is 1. The first-order valence-electron chi connectivity index (χ1n) is 9.58. The molecule has 0 saturated carbocycles. The van der Waals surface area contributed by atoms with Gasteiger partial charge in [0.15, 0.2) is 0 Å². The molecule has 0 aliphatic carbocycles. The van der Waals surface area contributed by atoms with Crippen LogP contribution in [0.5, 0.6) is 0 Å². The van der Waals surface area contributed by atoms with Gasteiger partial charge in [0.25, 0.3) is 7.82 Å². The fourth-order valence-electron chi connectivity index (χ4n) is 2.64. The maximum absolute atomic E-state index is 8.77. The van der Waals surface area contributed by atoms with Crippen LogP contribution in [0.2, 0.25) is 0 Å². The fraction of sp³-hybridized carbons (Fsp3) is 0.944. The third-order valence-corrected chi connectivity index (χ3v) is 3.94. The van der Waals surface area contributed by atoms with E-state index >= 15 is 0 Å². The molecule has 0 spiro atoms. The predicted molar refractivity (Wildman–Crippen MR) is 103 cm³/mol. The van der Waals surface area contributed by atoms with Crippen molar-refractivity contribution < 1.29 is 23.7 Å². The van der Waals surface area contributed by atoms with Crippen molar-refractivity contribution in [2.24, 2.45) is 0 Å². The van der Waals surface area contributed by atoms with Crippen molar-refractivity contribution in [3.05, 3.63) is 0 Å². The number of rotatable bonds is 12. The highest BCUT2D eigenvalue weighted by Crippen LogP contribution is 2.19. The highest BCUT2D eigenvalue weighted by molar-refractivity contribution is 7.43. The van der Waals surface area contributed by atoms with E-state index in [1.54, 1.807) is 6.07 Å². The molecule has 6 nitrogen and oxygen atoms in total. The normalized spacial score (nSPS) is 10.8. The Morgan fingerprint density at radius 1 is 0.840 bits per heavy atom. The van der Waals surface area contributed by atoms with Gasteiger partial charge in [-0.25, -0.2) is 0 Å².